The molecule has 0 unspecified atom stereocenters. The Morgan fingerprint density at radius 2 is 2.00 bits per heavy atom. The van der Waals surface area contributed by atoms with Crippen LogP contribution in [0.25, 0.3) is 0 Å². The van der Waals surface area contributed by atoms with Gasteiger partial charge in [0.15, 0.2) is 0 Å². The summed E-state index contributed by atoms with van der Waals surface area (Å²) in [6.45, 7) is 9.03. The van der Waals surface area contributed by atoms with Crippen molar-refractivity contribution in [2.45, 2.75) is 64.8 Å². The summed E-state index contributed by atoms with van der Waals surface area (Å²) in [6, 6.07) is -0.675. The molecule has 0 aliphatic carbocycles. The lowest BCUT2D eigenvalue weighted by Crippen LogP contribution is -2.42. The van der Waals surface area contributed by atoms with E-state index in [1.54, 1.807) is 0 Å². The van der Waals surface area contributed by atoms with Crippen LogP contribution in [0.4, 0.5) is 8.78 Å². The van der Waals surface area contributed by atoms with Crippen LogP contribution in [0, 0.1) is 5.92 Å². The van der Waals surface area contributed by atoms with Gasteiger partial charge in [0.05, 0.1) is 19.2 Å². The lowest BCUT2D eigenvalue weighted by atomic mass is 10.0. The Morgan fingerprint density at radius 3 is 2.43 bits per heavy atom. The summed E-state index contributed by atoms with van der Waals surface area (Å²) in [5.74, 6) is -3.39. The number of esters is 1. The molecule has 0 heterocycles. The molecule has 1 atom stereocenters. The zero-order valence-corrected chi connectivity index (χ0v) is 13.5. The van der Waals surface area contributed by atoms with Crippen molar-refractivity contribution in [3.8, 4) is 0 Å². The number of halogens is 2. The predicted molar refractivity (Wildman–Crippen MR) is 80.1 cm³/mol. The number of unbranched alkanes of at least 4 members (excludes halogenated alkanes) is 2. The number of ether oxygens (including phenoxy) is 1. The third kappa shape index (κ3) is 7.86. The summed E-state index contributed by atoms with van der Waals surface area (Å²) in [4.78, 5) is 11.6. The van der Waals surface area contributed by atoms with Gasteiger partial charge in [-0.05, 0) is 12.3 Å². The van der Waals surface area contributed by atoms with E-state index in [-0.39, 0.29) is 18.0 Å². The minimum absolute atomic E-state index is 0.0884. The number of allylic oxidation sites excluding steroid dienone is 1. The van der Waals surface area contributed by atoms with E-state index in [1.165, 1.54) is 7.11 Å². The highest BCUT2D eigenvalue weighted by atomic mass is 19.3. The molecule has 5 heteroatoms. The molecule has 0 aliphatic rings. The SMILES string of the molecule is C=C=C(CC(F)(F)CCCCC)N[C@H](C(=O)OC)C(C)C. The van der Waals surface area contributed by atoms with Crippen molar-refractivity contribution in [3.63, 3.8) is 0 Å². The van der Waals surface area contributed by atoms with Gasteiger partial charge in [-0.25, -0.2) is 13.6 Å². The number of rotatable bonds is 10. The molecule has 0 bridgehead atoms. The minimum Gasteiger partial charge on any atom is -0.467 e. The van der Waals surface area contributed by atoms with Gasteiger partial charge in [0.25, 0.3) is 5.92 Å². The average Bonchev–Trinajstić information content (AvgIpc) is 2.42. The Bertz CT molecular complexity index is 374. The van der Waals surface area contributed by atoms with E-state index in [9.17, 15) is 13.6 Å². The predicted octanol–water partition coefficient (Wildman–Crippen LogP) is 4.05. The molecule has 0 spiro atoms. The number of nitrogens with one attached hydrogen (secondary N) is 1. The largest absolute Gasteiger partial charge is 0.467 e. The van der Waals surface area contributed by atoms with Gasteiger partial charge in [-0.1, -0.05) is 40.2 Å². The van der Waals surface area contributed by atoms with Crippen molar-refractivity contribution < 1.29 is 18.3 Å². The van der Waals surface area contributed by atoms with Gasteiger partial charge < -0.3 is 10.1 Å². The Hall–Kier alpha value is -1.35. The van der Waals surface area contributed by atoms with Crippen molar-refractivity contribution in [3.05, 3.63) is 18.0 Å². The third-order valence-corrected chi connectivity index (χ3v) is 3.25. The van der Waals surface area contributed by atoms with Gasteiger partial charge in [-0.3, -0.25) is 0 Å². The van der Waals surface area contributed by atoms with Gasteiger partial charge in [0.1, 0.15) is 6.04 Å². The van der Waals surface area contributed by atoms with Crippen LogP contribution in [0.3, 0.4) is 0 Å². The average molecular weight is 303 g/mol. The van der Waals surface area contributed by atoms with Crippen LogP contribution >= 0.6 is 0 Å². The second-order valence-corrected chi connectivity index (χ2v) is 5.53. The van der Waals surface area contributed by atoms with Crippen molar-refractivity contribution in [1.82, 2.24) is 5.32 Å². The maximum Gasteiger partial charge on any atom is 0.328 e. The number of carbonyl (C=O) groups is 1. The van der Waals surface area contributed by atoms with E-state index in [4.69, 9.17) is 0 Å². The maximum atomic E-state index is 13.9. The first-order valence-electron chi connectivity index (χ1n) is 7.38. The molecule has 0 saturated heterocycles. The fourth-order valence-electron chi connectivity index (χ4n) is 1.96. The molecule has 122 valence electrons. The highest BCUT2D eigenvalue weighted by molar-refractivity contribution is 5.76. The van der Waals surface area contributed by atoms with Gasteiger partial charge in [-0.2, -0.15) is 0 Å². The molecule has 0 amide bonds. The molecule has 0 aromatic rings. The van der Waals surface area contributed by atoms with Crippen molar-refractivity contribution >= 4 is 5.97 Å². The summed E-state index contributed by atoms with van der Waals surface area (Å²) in [5.41, 5.74) is 2.63. The van der Waals surface area contributed by atoms with Crippen LogP contribution in [-0.2, 0) is 9.53 Å². The van der Waals surface area contributed by atoms with Gasteiger partial charge in [0, 0.05) is 6.42 Å². The Balaban J connectivity index is 4.71. The smallest absolute Gasteiger partial charge is 0.328 e. The van der Waals surface area contributed by atoms with Gasteiger partial charge in [0.2, 0.25) is 0 Å². The highest BCUT2D eigenvalue weighted by Gasteiger charge is 2.32. The van der Waals surface area contributed by atoms with E-state index in [2.05, 4.69) is 22.4 Å². The zero-order chi connectivity index (χ0) is 16.5. The van der Waals surface area contributed by atoms with E-state index < -0.39 is 24.4 Å². The molecule has 0 aliphatic heterocycles. The molecular formula is C16H27F2NO2. The standard InChI is InChI=1S/C16H27F2NO2/c1-6-8-9-10-16(17,18)11-13(7-2)19-14(12(3)4)15(20)21-5/h12,14,19H,2,6,8-11H2,1,3-5H3/t14-/m0/s1. The van der Waals surface area contributed by atoms with E-state index in [1.807, 2.05) is 20.8 Å². The summed E-state index contributed by atoms with van der Waals surface area (Å²) >= 11 is 0. The Morgan fingerprint density at radius 1 is 1.38 bits per heavy atom. The van der Waals surface area contributed by atoms with Crippen LogP contribution in [0.2, 0.25) is 0 Å². The summed E-state index contributed by atoms with van der Waals surface area (Å²) in [6.07, 6.45) is 1.51. The van der Waals surface area contributed by atoms with Gasteiger partial charge in [-0.15, -0.1) is 5.73 Å². The van der Waals surface area contributed by atoms with Crippen molar-refractivity contribution in [2.24, 2.45) is 5.92 Å². The summed E-state index contributed by atoms with van der Waals surface area (Å²) < 4.78 is 32.4. The normalized spacial score (nSPS) is 12.7. The van der Waals surface area contributed by atoms with E-state index in [0.29, 0.717) is 6.42 Å². The number of hydrogen-bond acceptors (Lipinski definition) is 3. The molecule has 3 nitrogen and oxygen atoms in total. The molecule has 0 saturated carbocycles. The minimum atomic E-state index is -2.82. The number of carbonyl (C=O) groups excluding carboxylic acids is 1. The van der Waals surface area contributed by atoms with Crippen LogP contribution in [0.15, 0.2) is 18.0 Å². The van der Waals surface area contributed by atoms with E-state index in [0.717, 1.165) is 12.8 Å². The van der Waals surface area contributed by atoms with Crippen LogP contribution < -0.4 is 5.32 Å². The lowest BCUT2D eigenvalue weighted by molar-refractivity contribution is -0.144. The molecule has 0 aromatic heterocycles. The first kappa shape index (κ1) is 19.7. The Kier molecular flexibility index (Phi) is 8.95. The molecule has 0 radical (unpaired) electrons. The number of alkyl halides is 2. The monoisotopic (exact) mass is 303 g/mol. The fourth-order valence-corrected chi connectivity index (χ4v) is 1.96. The Labute approximate surface area is 126 Å². The maximum absolute atomic E-state index is 13.9. The van der Waals surface area contributed by atoms with Gasteiger partial charge >= 0.3 is 5.97 Å². The molecule has 0 aromatic carbocycles. The first-order valence-corrected chi connectivity index (χ1v) is 7.38. The second kappa shape index (κ2) is 9.56. The lowest BCUT2D eigenvalue weighted by Gasteiger charge is -2.24. The first-order chi connectivity index (χ1) is 9.77. The zero-order valence-electron chi connectivity index (χ0n) is 13.5. The van der Waals surface area contributed by atoms with Crippen molar-refractivity contribution in [1.29, 1.82) is 0 Å². The molecule has 0 fully saturated rings. The topological polar surface area (TPSA) is 38.3 Å². The highest BCUT2D eigenvalue weighted by Crippen LogP contribution is 2.28. The molecule has 1 N–H and O–H groups in total. The fraction of sp³-hybridized carbons (Fsp3) is 0.750. The van der Waals surface area contributed by atoms with E-state index >= 15 is 0 Å². The summed E-state index contributed by atoms with van der Waals surface area (Å²) in [5, 5.41) is 2.79. The van der Waals surface area contributed by atoms with Crippen LogP contribution in [0.1, 0.15) is 52.9 Å². The second-order valence-electron chi connectivity index (χ2n) is 5.53. The van der Waals surface area contributed by atoms with Crippen LogP contribution in [0.5, 0.6) is 0 Å². The number of hydrogen-bond donors (Lipinski definition) is 1. The summed E-state index contributed by atoms with van der Waals surface area (Å²) in [7, 11) is 1.27. The van der Waals surface area contributed by atoms with Crippen LogP contribution in [-0.4, -0.2) is 25.0 Å². The number of methoxy groups -OCH3 is 1. The molecule has 0 rings (SSSR count). The van der Waals surface area contributed by atoms with Crippen molar-refractivity contribution in [2.75, 3.05) is 7.11 Å². The molecular weight excluding hydrogens is 276 g/mol. The molecule has 21 heavy (non-hydrogen) atoms. The quantitative estimate of drug-likeness (QED) is 0.376. The third-order valence-electron chi connectivity index (χ3n) is 3.25.